The molecule has 0 saturated carbocycles. The molecule has 0 aliphatic carbocycles. The molecule has 3 heterocycles. The number of fused-ring (bicyclic) bond motifs is 1. The fourth-order valence-corrected chi connectivity index (χ4v) is 6.93. The zero-order valence-corrected chi connectivity index (χ0v) is 24.6. The van der Waals surface area contributed by atoms with Gasteiger partial charge in [0.15, 0.2) is 34.1 Å². The summed E-state index contributed by atoms with van der Waals surface area (Å²) < 4.78 is 48.7. The van der Waals surface area contributed by atoms with Crippen LogP contribution in [0.1, 0.15) is 31.1 Å². The molecule has 2 atom stereocenters. The number of methoxy groups -OCH3 is 1. The first kappa shape index (κ1) is 28.3. The first-order valence-electron chi connectivity index (χ1n) is 13.4. The monoisotopic (exact) mass is 583 g/mol. The third-order valence-electron chi connectivity index (χ3n) is 6.87. The molecule has 1 saturated heterocycles. The van der Waals surface area contributed by atoms with Crippen LogP contribution >= 0.6 is 11.3 Å². The maximum Gasteiger partial charge on any atom is 0.167 e. The lowest BCUT2D eigenvalue weighted by Crippen LogP contribution is -2.35. The number of pyridine rings is 1. The molecule has 7 nitrogen and oxygen atoms in total. The SMILES string of the molecule is COc1cc2c(Oc3ccc(NS(=O)c4ccc(C)s4)cc3F)ccnc2cc1OCCCN1CCCC(C)C1. The van der Waals surface area contributed by atoms with E-state index in [-0.39, 0.29) is 5.75 Å². The van der Waals surface area contributed by atoms with Gasteiger partial charge in [-0.1, -0.05) is 6.92 Å². The largest absolute Gasteiger partial charge is 0.493 e. The van der Waals surface area contributed by atoms with E-state index in [4.69, 9.17) is 14.2 Å². The van der Waals surface area contributed by atoms with Gasteiger partial charge in [-0.2, -0.15) is 0 Å². The molecule has 0 bridgehead atoms. The number of halogens is 1. The molecule has 4 aromatic rings. The molecule has 1 fully saturated rings. The molecule has 0 spiro atoms. The van der Waals surface area contributed by atoms with Gasteiger partial charge in [0.05, 0.1) is 19.2 Å². The molecule has 0 amide bonds. The minimum absolute atomic E-state index is 0.0436. The van der Waals surface area contributed by atoms with E-state index in [1.54, 1.807) is 37.6 Å². The van der Waals surface area contributed by atoms with Crippen molar-refractivity contribution >= 4 is 38.9 Å². The predicted molar refractivity (Wildman–Crippen MR) is 159 cm³/mol. The molecule has 1 aliphatic heterocycles. The van der Waals surface area contributed by atoms with Crippen LogP contribution < -0.4 is 18.9 Å². The summed E-state index contributed by atoms with van der Waals surface area (Å²) >= 11 is 1.43. The van der Waals surface area contributed by atoms with Gasteiger partial charge in [0.2, 0.25) is 0 Å². The molecule has 2 aromatic carbocycles. The number of nitrogens with one attached hydrogen (secondary N) is 1. The van der Waals surface area contributed by atoms with Gasteiger partial charge in [-0.05, 0) is 75.0 Å². The predicted octanol–water partition coefficient (Wildman–Crippen LogP) is 7.18. The normalized spacial score (nSPS) is 16.6. The van der Waals surface area contributed by atoms with Crippen LogP contribution in [0.3, 0.4) is 0 Å². The molecule has 5 rings (SSSR count). The number of piperidine rings is 1. The van der Waals surface area contributed by atoms with Crippen LogP contribution in [0, 0.1) is 18.7 Å². The first-order chi connectivity index (χ1) is 19.4. The van der Waals surface area contributed by atoms with Crippen molar-refractivity contribution in [3.8, 4) is 23.0 Å². The van der Waals surface area contributed by atoms with Crippen molar-refractivity contribution in [1.29, 1.82) is 0 Å². The Hall–Kier alpha value is -3.21. The van der Waals surface area contributed by atoms with E-state index in [9.17, 15) is 4.21 Å². The number of aryl methyl sites for hydroxylation is 1. The number of rotatable bonds is 11. The van der Waals surface area contributed by atoms with Crippen molar-refractivity contribution in [2.24, 2.45) is 5.92 Å². The summed E-state index contributed by atoms with van der Waals surface area (Å²) in [6.45, 7) is 8.16. The number of ether oxygens (including phenoxy) is 3. The molecule has 2 unspecified atom stereocenters. The van der Waals surface area contributed by atoms with Crippen molar-refractivity contribution in [1.82, 2.24) is 9.88 Å². The van der Waals surface area contributed by atoms with Gasteiger partial charge < -0.3 is 23.8 Å². The summed E-state index contributed by atoms with van der Waals surface area (Å²) in [4.78, 5) is 8.03. The molecule has 212 valence electrons. The fourth-order valence-electron chi connectivity index (χ4n) is 4.88. The topological polar surface area (TPSA) is 72.9 Å². The Morgan fingerprint density at radius 3 is 2.75 bits per heavy atom. The van der Waals surface area contributed by atoms with Crippen LogP contribution in [-0.2, 0) is 11.0 Å². The number of aromatic nitrogens is 1. The van der Waals surface area contributed by atoms with Gasteiger partial charge in [0.25, 0.3) is 0 Å². The summed E-state index contributed by atoms with van der Waals surface area (Å²) in [5.41, 5.74) is 1.05. The van der Waals surface area contributed by atoms with Crippen molar-refractivity contribution in [2.75, 3.05) is 38.1 Å². The molecule has 10 heteroatoms. The molecule has 1 aliphatic rings. The smallest absolute Gasteiger partial charge is 0.167 e. The maximum absolute atomic E-state index is 15.0. The summed E-state index contributed by atoms with van der Waals surface area (Å²) in [6, 6.07) is 13.4. The minimum atomic E-state index is -1.47. The van der Waals surface area contributed by atoms with E-state index in [1.807, 2.05) is 19.1 Å². The number of hydrogen-bond donors (Lipinski definition) is 1. The van der Waals surface area contributed by atoms with Crippen molar-refractivity contribution < 1.29 is 22.8 Å². The Labute approximate surface area is 240 Å². The molecular weight excluding hydrogens is 549 g/mol. The number of thiophene rings is 1. The lowest BCUT2D eigenvalue weighted by molar-refractivity contribution is 0.169. The van der Waals surface area contributed by atoms with Gasteiger partial charge in [0.1, 0.15) is 9.96 Å². The first-order valence-corrected chi connectivity index (χ1v) is 15.4. The number of nitrogens with zero attached hydrogens (tertiary/aromatic N) is 2. The minimum Gasteiger partial charge on any atom is -0.493 e. The molecule has 1 N–H and O–H groups in total. The highest BCUT2D eigenvalue weighted by molar-refractivity contribution is 7.88. The van der Waals surface area contributed by atoms with Gasteiger partial charge >= 0.3 is 0 Å². The van der Waals surface area contributed by atoms with Crippen LogP contribution in [0.25, 0.3) is 10.9 Å². The second-order valence-electron chi connectivity index (χ2n) is 10.1. The number of hydrogen-bond acceptors (Lipinski definition) is 7. The Bertz CT molecular complexity index is 1500. The van der Waals surface area contributed by atoms with Crippen LogP contribution in [-0.4, -0.2) is 47.4 Å². The lowest BCUT2D eigenvalue weighted by Gasteiger charge is -2.30. The Balaban J connectivity index is 1.26. The molecular formula is C30H34FN3O4S2. The van der Waals surface area contributed by atoms with E-state index in [2.05, 4.69) is 21.5 Å². The van der Waals surface area contributed by atoms with E-state index < -0.39 is 16.8 Å². The highest BCUT2D eigenvalue weighted by Gasteiger charge is 2.17. The fraction of sp³-hybridized carbons (Fsp3) is 0.367. The zero-order valence-electron chi connectivity index (χ0n) is 22.9. The van der Waals surface area contributed by atoms with Crippen LogP contribution in [0.5, 0.6) is 23.0 Å². The third-order valence-corrected chi connectivity index (χ3v) is 9.29. The van der Waals surface area contributed by atoms with Crippen LogP contribution in [0.2, 0.25) is 0 Å². The zero-order chi connectivity index (χ0) is 28.1. The Morgan fingerprint density at radius 1 is 1.12 bits per heavy atom. The van der Waals surface area contributed by atoms with Gasteiger partial charge in [-0.15, -0.1) is 11.3 Å². The van der Waals surface area contributed by atoms with E-state index >= 15 is 4.39 Å². The molecule has 40 heavy (non-hydrogen) atoms. The third kappa shape index (κ3) is 6.92. The van der Waals surface area contributed by atoms with Gasteiger partial charge in [-0.25, -0.2) is 8.60 Å². The molecule has 0 radical (unpaired) electrons. The Kier molecular flexibility index (Phi) is 9.18. The van der Waals surface area contributed by atoms with E-state index in [0.717, 1.165) is 36.9 Å². The van der Waals surface area contributed by atoms with Gasteiger partial charge in [0, 0.05) is 47.4 Å². The highest BCUT2D eigenvalue weighted by Crippen LogP contribution is 2.38. The van der Waals surface area contributed by atoms with Crippen molar-refractivity contribution in [3.05, 3.63) is 65.4 Å². The van der Waals surface area contributed by atoms with Gasteiger partial charge in [-0.3, -0.25) is 4.98 Å². The standard InChI is InChI=1S/C30H34FN3O4S2/c1-20-6-4-13-34(19-20)14-5-15-37-29-18-25-23(17-28(29)36-3)26(11-12-32-25)38-27-9-8-22(16-24(27)31)33-40(35)30-10-7-21(2)39-30/h7-12,16-18,20,33H,4-6,13-15,19H2,1-3H3. The van der Waals surface area contributed by atoms with Crippen molar-refractivity contribution in [3.63, 3.8) is 0 Å². The van der Waals surface area contributed by atoms with Crippen LogP contribution in [0.4, 0.5) is 10.1 Å². The average Bonchev–Trinajstić information content (AvgIpc) is 3.39. The van der Waals surface area contributed by atoms with E-state index in [0.29, 0.717) is 44.7 Å². The summed E-state index contributed by atoms with van der Waals surface area (Å²) in [6.07, 6.45) is 5.12. The van der Waals surface area contributed by atoms with E-state index in [1.165, 1.54) is 36.3 Å². The summed E-state index contributed by atoms with van der Waals surface area (Å²) in [5, 5.41) is 0.671. The number of benzene rings is 2. The molecule has 2 aromatic heterocycles. The van der Waals surface area contributed by atoms with Crippen molar-refractivity contribution in [2.45, 2.75) is 37.3 Å². The quantitative estimate of drug-likeness (QED) is 0.189. The maximum atomic E-state index is 15.0. The second-order valence-corrected chi connectivity index (χ2v) is 12.8. The number of anilines is 1. The second kappa shape index (κ2) is 13.0. The highest BCUT2D eigenvalue weighted by atomic mass is 32.2. The van der Waals surface area contributed by atoms with Crippen LogP contribution in [0.15, 0.2) is 58.9 Å². The Morgan fingerprint density at radius 2 is 2.00 bits per heavy atom. The summed E-state index contributed by atoms with van der Waals surface area (Å²) in [7, 11) is 0.117. The lowest BCUT2D eigenvalue weighted by atomic mass is 10.0. The summed E-state index contributed by atoms with van der Waals surface area (Å²) in [5.74, 6) is 1.83. The number of likely N-dealkylation sites (tertiary alicyclic amines) is 1. The average molecular weight is 584 g/mol.